The molecule has 0 aromatic heterocycles. The monoisotopic (exact) mass is 401 g/mol. The summed E-state index contributed by atoms with van der Waals surface area (Å²) < 4.78 is 21.4. The normalized spacial score (nSPS) is 11.3. The van der Waals surface area contributed by atoms with Gasteiger partial charge in [-0.15, -0.1) is 0 Å². The molecule has 0 radical (unpaired) electrons. The van der Waals surface area contributed by atoms with Gasteiger partial charge in [-0.25, -0.2) is 4.79 Å². The molecule has 1 amide bonds. The van der Waals surface area contributed by atoms with Gasteiger partial charge in [-0.2, -0.15) is 0 Å². The van der Waals surface area contributed by atoms with E-state index in [0.29, 0.717) is 31.3 Å². The topological polar surface area (TPSA) is 83.1 Å². The van der Waals surface area contributed by atoms with E-state index in [1.54, 1.807) is 25.3 Å². The zero-order valence-electron chi connectivity index (χ0n) is 17.2. The minimum absolute atomic E-state index is 0.284. The van der Waals surface area contributed by atoms with Crippen molar-refractivity contribution in [2.45, 2.75) is 33.4 Å². The third kappa shape index (κ3) is 6.41. The van der Waals surface area contributed by atoms with Crippen LogP contribution in [0.5, 0.6) is 17.2 Å². The summed E-state index contributed by atoms with van der Waals surface area (Å²) in [6, 6.07) is 12.1. The fraction of sp³-hybridized carbons (Fsp3) is 0.364. The van der Waals surface area contributed by atoms with Gasteiger partial charge in [0.05, 0.1) is 25.9 Å². The van der Waals surface area contributed by atoms with Gasteiger partial charge in [-0.1, -0.05) is 12.1 Å². The molecular weight excluding hydrogens is 374 g/mol. The lowest BCUT2D eigenvalue weighted by molar-refractivity contribution is -0.129. The van der Waals surface area contributed by atoms with Crippen molar-refractivity contribution in [1.82, 2.24) is 5.32 Å². The summed E-state index contributed by atoms with van der Waals surface area (Å²) >= 11 is 0. The molecule has 0 aliphatic heterocycles. The quantitative estimate of drug-likeness (QED) is 0.615. The van der Waals surface area contributed by atoms with Gasteiger partial charge in [0, 0.05) is 6.54 Å². The van der Waals surface area contributed by atoms with E-state index in [0.717, 1.165) is 11.3 Å². The summed E-state index contributed by atoms with van der Waals surface area (Å²) in [6.07, 6.45) is -0.942. The fourth-order valence-electron chi connectivity index (χ4n) is 2.54. The van der Waals surface area contributed by atoms with E-state index < -0.39 is 12.1 Å². The van der Waals surface area contributed by atoms with Crippen LogP contribution in [0.1, 0.15) is 36.7 Å². The van der Waals surface area contributed by atoms with Crippen LogP contribution in [0.3, 0.4) is 0 Å². The van der Waals surface area contributed by atoms with Crippen LogP contribution in [0, 0.1) is 0 Å². The number of rotatable bonds is 10. The van der Waals surface area contributed by atoms with Gasteiger partial charge < -0.3 is 24.3 Å². The standard InChI is InChI=1S/C22H27NO6/c1-5-27-19-12-9-17(13-20(19)28-6-2)22(25)29-15(3)21(24)23-14-16-7-10-18(26-4)11-8-16/h7-13,15H,5-6,14H2,1-4H3,(H,23,24)/t15-/m1/s1. The fourth-order valence-corrected chi connectivity index (χ4v) is 2.54. The second-order valence-electron chi connectivity index (χ2n) is 6.14. The van der Waals surface area contributed by atoms with E-state index in [1.807, 2.05) is 38.1 Å². The Morgan fingerprint density at radius 2 is 1.62 bits per heavy atom. The number of esters is 1. The molecule has 0 saturated carbocycles. The first-order valence-electron chi connectivity index (χ1n) is 9.49. The summed E-state index contributed by atoms with van der Waals surface area (Å²) in [7, 11) is 1.59. The number of amides is 1. The summed E-state index contributed by atoms with van der Waals surface area (Å²) in [6.45, 7) is 6.47. The molecule has 7 nitrogen and oxygen atoms in total. The molecule has 2 aromatic rings. The van der Waals surface area contributed by atoms with E-state index in [2.05, 4.69) is 5.32 Å². The average Bonchev–Trinajstić information content (AvgIpc) is 2.73. The molecule has 0 aliphatic carbocycles. The highest BCUT2D eigenvalue weighted by Gasteiger charge is 2.20. The Morgan fingerprint density at radius 1 is 0.966 bits per heavy atom. The molecule has 0 fully saturated rings. The molecule has 2 aromatic carbocycles. The first-order valence-corrected chi connectivity index (χ1v) is 9.49. The highest BCUT2D eigenvalue weighted by molar-refractivity contribution is 5.92. The van der Waals surface area contributed by atoms with Gasteiger partial charge in [0.2, 0.25) is 0 Å². The van der Waals surface area contributed by atoms with E-state index >= 15 is 0 Å². The lowest BCUT2D eigenvalue weighted by Crippen LogP contribution is -2.35. The van der Waals surface area contributed by atoms with E-state index in [9.17, 15) is 9.59 Å². The largest absolute Gasteiger partial charge is 0.497 e. The van der Waals surface area contributed by atoms with Crippen molar-refractivity contribution in [3.05, 3.63) is 53.6 Å². The predicted octanol–water partition coefficient (Wildman–Crippen LogP) is 3.35. The van der Waals surface area contributed by atoms with Crippen LogP contribution in [0.25, 0.3) is 0 Å². The molecule has 2 rings (SSSR count). The Hall–Kier alpha value is -3.22. The van der Waals surface area contributed by atoms with Crippen LogP contribution in [-0.2, 0) is 16.1 Å². The smallest absolute Gasteiger partial charge is 0.339 e. The summed E-state index contributed by atoms with van der Waals surface area (Å²) in [5.74, 6) is 0.756. The number of nitrogens with one attached hydrogen (secondary N) is 1. The molecule has 0 heterocycles. The molecule has 0 bridgehead atoms. The van der Waals surface area contributed by atoms with Crippen molar-refractivity contribution in [1.29, 1.82) is 0 Å². The number of hydrogen-bond acceptors (Lipinski definition) is 6. The molecule has 1 atom stereocenters. The van der Waals surface area contributed by atoms with E-state index in [4.69, 9.17) is 18.9 Å². The Kier molecular flexibility index (Phi) is 8.33. The van der Waals surface area contributed by atoms with Gasteiger partial charge in [0.25, 0.3) is 5.91 Å². The number of methoxy groups -OCH3 is 1. The third-order valence-corrected chi connectivity index (χ3v) is 4.06. The molecule has 0 unspecified atom stereocenters. The number of ether oxygens (including phenoxy) is 4. The van der Waals surface area contributed by atoms with Crippen LogP contribution in [0.15, 0.2) is 42.5 Å². The zero-order valence-corrected chi connectivity index (χ0v) is 17.2. The van der Waals surface area contributed by atoms with Crippen molar-refractivity contribution in [3.8, 4) is 17.2 Å². The molecular formula is C22H27NO6. The lowest BCUT2D eigenvalue weighted by Gasteiger charge is -2.15. The molecule has 0 saturated heterocycles. The second kappa shape index (κ2) is 10.9. The minimum Gasteiger partial charge on any atom is -0.497 e. The van der Waals surface area contributed by atoms with Gasteiger partial charge in [-0.3, -0.25) is 4.79 Å². The number of benzene rings is 2. The Bertz CT molecular complexity index is 819. The van der Waals surface area contributed by atoms with Crippen molar-refractivity contribution >= 4 is 11.9 Å². The molecule has 29 heavy (non-hydrogen) atoms. The third-order valence-electron chi connectivity index (χ3n) is 4.06. The van der Waals surface area contributed by atoms with Gasteiger partial charge >= 0.3 is 5.97 Å². The molecule has 7 heteroatoms. The van der Waals surface area contributed by atoms with Crippen molar-refractivity contribution < 1.29 is 28.5 Å². The van der Waals surface area contributed by atoms with Crippen LogP contribution < -0.4 is 19.5 Å². The van der Waals surface area contributed by atoms with E-state index in [1.165, 1.54) is 6.92 Å². The number of carbonyl (C=O) groups excluding carboxylic acids is 2. The van der Waals surface area contributed by atoms with Gasteiger partial charge in [0.1, 0.15) is 5.75 Å². The molecule has 0 spiro atoms. The molecule has 0 aliphatic rings. The predicted molar refractivity (Wildman–Crippen MR) is 108 cm³/mol. The summed E-state index contributed by atoms with van der Waals surface area (Å²) in [5, 5.41) is 2.75. The van der Waals surface area contributed by atoms with Crippen LogP contribution in [0.4, 0.5) is 0 Å². The number of carbonyl (C=O) groups is 2. The van der Waals surface area contributed by atoms with Crippen LogP contribution in [0.2, 0.25) is 0 Å². The first kappa shape index (κ1) is 22.1. The van der Waals surface area contributed by atoms with Crippen LogP contribution in [-0.4, -0.2) is 38.3 Å². The Morgan fingerprint density at radius 3 is 2.24 bits per heavy atom. The SMILES string of the molecule is CCOc1ccc(C(=O)O[C@H](C)C(=O)NCc2ccc(OC)cc2)cc1OCC. The molecule has 1 N–H and O–H groups in total. The average molecular weight is 401 g/mol. The second-order valence-corrected chi connectivity index (χ2v) is 6.14. The van der Waals surface area contributed by atoms with Crippen molar-refractivity contribution in [2.75, 3.05) is 20.3 Å². The summed E-state index contributed by atoms with van der Waals surface area (Å²) in [4.78, 5) is 24.7. The highest BCUT2D eigenvalue weighted by atomic mass is 16.5. The van der Waals surface area contributed by atoms with Gasteiger partial charge in [-0.05, 0) is 56.7 Å². The van der Waals surface area contributed by atoms with E-state index in [-0.39, 0.29) is 11.5 Å². The maximum atomic E-state index is 12.4. The van der Waals surface area contributed by atoms with Crippen molar-refractivity contribution in [2.24, 2.45) is 0 Å². The highest BCUT2D eigenvalue weighted by Crippen LogP contribution is 2.29. The van der Waals surface area contributed by atoms with Crippen molar-refractivity contribution in [3.63, 3.8) is 0 Å². The zero-order chi connectivity index (χ0) is 21.2. The minimum atomic E-state index is -0.942. The Balaban J connectivity index is 1.94. The maximum Gasteiger partial charge on any atom is 0.339 e. The Labute approximate surface area is 170 Å². The van der Waals surface area contributed by atoms with Crippen LogP contribution >= 0.6 is 0 Å². The molecule has 156 valence electrons. The summed E-state index contributed by atoms with van der Waals surface area (Å²) in [5.41, 5.74) is 1.19. The lowest BCUT2D eigenvalue weighted by atomic mass is 10.2. The number of hydrogen-bond donors (Lipinski definition) is 1. The maximum absolute atomic E-state index is 12.4. The van der Waals surface area contributed by atoms with Gasteiger partial charge in [0.15, 0.2) is 17.6 Å². The first-order chi connectivity index (χ1) is 14.0.